The van der Waals surface area contributed by atoms with Crippen LogP contribution in [0.1, 0.15) is 29.7 Å². The molecule has 2 unspecified atom stereocenters. The lowest BCUT2D eigenvalue weighted by Crippen LogP contribution is -2.10. The van der Waals surface area contributed by atoms with Crippen LogP contribution in [-0.2, 0) is 0 Å². The molecular formula is C20H15FN2O2. The quantitative estimate of drug-likeness (QED) is 0.602. The number of aromatic nitrogens is 2. The van der Waals surface area contributed by atoms with Crippen molar-refractivity contribution in [2.24, 2.45) is 0 Å². The topological polar surface area (TPSA) is 51.2 Å². The number of imidazole rings is 1. The first-order valence-corrected chi connectivity index (χ1v) is 8.18. The fourth-order valence-corrected chi connectivity index (χ4v) is 3.77. The maximum absolute atomic E-state index is 14.3. The third-order valence-corrected chi connectivity index (χ3v) is 4.97. The summed E-state index contributed by atoms with van der Waals surface area (Å²) in [6.45, 7) is 0. The molecule has 0 saturated heterocycles. The predicted molar refractivity (Wildman–Crippen MR) is 91.6 cm³/mol. The molecule has 0 amide bonds. The minimum Gasteiger partial charge on any atom is -0.464 e. The van der Waals surface area contributed by atoms with Gasteiger partial charge in [0.2, 0.25) is 0 Å². The monoisotopic (exact) mass is 334 g/mol. The third-order valence-electron chi connectivity index (χ3n) is 4.97. The van der Waals surface area contributed by atoms with E-state index < -0.39 is 6.10 Å². The van der Waals surface area contributed by atoms with Gasteiger partial charge < -0.3 is 14.1 Å². The van der Waals surface area contributed by atoms with Gasteiger partial charge in [0.05, 0.1) is 36.6 Å². The highest BCUT2D eigenvalue weighted by molar-refractivity contribution is 5.77. The molecule has 0 aliphatic carbocycles. The van der Waals surface area contributed by atoms with Crippen molar-refractivity contribution in [3.8, 4) is 11.3 Å². The van der Waals surface area contributed by atoms with E-state index in [0.29, 0.717) is 12.0 Å². The highest BCUT2D eigenvalue weighted by atomic mass is 19.1. The zero-order valence-electron chi connectivity index (χ0n) is 13.3. The van der Waals surface area contributed by atoms with Gasteiger partial charge in [0.25, 0.3) is 0 Å². The Labute approximate surface area is 143 Å². The van der Waals surface area contributed by atoms with Crippen molar-refractivity contribution in [1.29, 1.82) is 0 Å². The van der Waals surface area contributed by atoms with E-state index >= 15 is 0 Å². The smallest absolute Gasteiger partial charge is 0.133 e. The first-order valence-electron chi connectivity index (χ1n) is 8.18. The SMILES string of the molecule is OC(CC1c2cccc(F)c2-c2cncn21)c1ccc2occc2c1. The molecule has 0 saturated carbocycles. The number of nitrogens with zero attached hydrogens (tertiary/aromatic N) is 2. The number of aliphatic hydroxyl groups is 1. The van der Waals surface area contributed by atoms with Crippen molar-refractivity contribution in [1.82, 2.24) is 9.55 Å². The highest BCUT2D eigenvalue weighted by Crippen LogP contribution is 2.44. The van der Waals surface area contributed by atoms with Gasteiger partial charge in [-0.15, -0.1) is 0 Å². The second-order valence-electron chi connectivity index (χ2n) is 6.38. The van der Waals surface area contributed by atoms with Crippen molar-refractivity contribution in [2.45, 2.75) is 18.6 Å². The van der Waals surface area contributed by atoms with Gasteiger partial charge >= 0.3 is 0 Å². The van der Waals surface area contributed by atoms with Crippen LogP contribution in [0.25, 0.3) is 22.2 Å². The van der Waals surface area contributed by atoms with Crippen LogP contribution >= 0.6 is 0 Å². The van der Waals surface area contributed by atoms with Crippen molar-refractivity contribution in [2.75, 3.05) is 0 Å². The van der Waals surface area contributed by atoms with Crippen molar-refractivity contribution < 1.29 is 13.9 Å². The fourth-order valence-electron chi connectivity index (χ4n) is 3.77. The van der Waals surface area contributed by atoms with Crippen LogP contribution in [0, 0.1) is 5.82 Å². The molecule has 5 heteroatoms. The molecule has 0 bridgehead atoms. The standard InChI is InChI=1S/C20H15FN2O2/c21-15-3-1-2-14-16(23-11-22-10-17(23)20(14)15)9-18(24)12-4-5-19-13(8-12)6-7-25-19/h1-8,10-11,16,18,24H,9H2. The van der Waals surface area contributed by atoms with Gasteiger partial charge in [0, 0.05) is 17.4 Å². The van der Waals surface area contributed by atoms with E-state index in [1.54, 1.807) is 24.9 Å². The van der Waals surface area contributed by atoms with E-state index in [2.05, 4.69) is 4.98 Å². The molecule has 5 rings (SSSR count). The summed E-state index contributed by atoms with van der Waals surface area (Å²) in [6, 6.07) is 12.5. The molecule has 2 aromatic carbocycles. The molecule has 0 spiro atoms. The Morgan fingerprint density at radius 1 is 1.24 bits per heavy atom. The largest absolute Gasteiger partial charge is 0.464 e. The van der Waals surface area contributed by atoms with Crippen LogP contribution in [0.15, 0.2) is 65.7 Å². The van der Waals surface area contributed by atoms with Crippen LogP contribution < -0.4 is 0 Å². The molecule has 4 nitrogen and oxygen atoms in total. The number of benzene rings is 2. The van der Waals surface area contributed by atoms with Gasteiger partial charge in [-0.2, -0.15) is 0 Å². The van der Waals surface area contributed by atoms with Crippen molar-refractivity contribution in [3.05, 3.63) is 78.2 Å². The van der Waals surface area contributed by atoms with Crippen molar-refractivity contribution >= 4 is 11.0 Å². The second kappa shape index (κ2) is 5.29. The summed E-state index contributed by atoms with van der Waals surface area (Å²) in [4.78, 5) is 4.15. The van der Waals surface area contributed by atoms with E-state index in [4.69, 9.17) is 4.42 Å². The van der Waals surface area contributed by atoms with E-state index in [9.17, 15) is 9.50 Å². The average Bonchev–Trinajstić information content (AvgIpc) is 3.31. The number of halogens is 1. The molecule has 1 aliphatic heterocycles. The zero-order valence-corrected chi connectivity index (χ0v) is 13.3. The normalized spacial score (nSPS) is 16.8. The molecule has 2 atom stereocenters. The number of hydrogen-bond donors (Lipinski definition) is 1. The van der Waals surface area contributed by atoms with Gasteiger partial charge in [-0.1, -0.05) is 18.2 Å². The molecule has 124 valence electrons. The summed E-state index contributed by atoms with van der Waals surface area (Å²) in [5, 5.41) is 11.7. The van der Waals surface area contributed by atoms with Gasteiger partial charge in [0.15, 0.2) is 0 Å². The summed E-state index contributed by atoms with van der Waals surface area (Å²) >= 11 is 0. The Balaban J connectivity index is 1.53. The van der Waals surface area contributed by atoms with E-state index in [1.165, 1.54) is 6.07 Å². The van der Waals surface area contributed by atoms with Crippen LogP contribution in [-0.4, -0.2) is 14.7 Å². The Hall–Kier alpha value is -2.92. The van der Waals surface area contributed by atoms with Crippen LogP contribution in [0.4, 0.5) is 4.39 Å². The Kier molecular flexibility index (Phi) is 3.05. The number of fused-ring (bicyclic) bond motifs is 4. The molecule has 0 fully saturated rings. The molecule has 2 aromatic heterocycles. The summed E-state index contributed by atoms with van der Waals surface area (Å²) in [6.07, 6.45) is 4.78. The lowest BCUT2D eigenvalue weighted by Gasteiger charge is -2.19. The summed E-state index contributed by atoms with van der Waals surface area (Å²) in [5.74, 6) is -0.254. The summed E-state index contributed by atoms with van der Waals surface area (Å²) in [5.41, 5.74) is 3.85. The molecule has 25 heavy (non-hydrogen) atoms. The first-order chi connectivity index (χ1) is 12.2. The second-order valence-corrected chi connectivity index (χ2v) is 6.38. The highest BCUT2D eigenvalue weighted by Gasteiger charge is 2.32. The first kappa shape index (κ1) is 14.4. The van der Waals surface area contributed by atoms with Crippen LogP contribution in [0.5, 0.6) is 0 Å². The molecule has 3 heterocycles. The van der Waals surface area contributed by atoms with Gasteiger partial charge in [-0.3, -0.25) is 0 Å². The van der Waals surface area contributed by atoms with Crippen LogP contribution in [0.3, 0.4) is 0 Å². The Morgan fingerprint density at radius 3 is 3.08 bits per heavy atom. The lowest BCUT2D eigenvalue weighted by molar-refractivity contribution is 0.154. The van der Waals surface area contributed by atoms with Gasteiger partial charge in [-0.05, 0) is 35.4 Å². The number of hydrogen-bond acceptors (Lipinski definition) is 3. The van der Waals surface area contributed by atoms with Gasteiger partial charge in [-0.25, -0.2) is 9.37 Å². The third kappa shape index (κ3) is 2.13. The van der Waals surface area contributed by atoms with Crippen LogP contribution in [0.2, 0.25) is 0 Å². The van der Waals surface area contributed by atoms with E-state index in [-0.39, 0.29) is 11.9 Å². The predicted octanol–water partition coefficient (Wildman–Crippen LogP) is 4.46. The maximum Gasteiger partial charge on any atom is 0.133 e. The molecular weight excluding hydrogens is 319 g/mol. The van der Waals surface area contributed by atoms with E-state index in [1.807, 2.05) is 34.9 Å². The number of aliphatic hydroxyl groups excluding tert-OH is 1. The van der Waals surface area contributed by atoms with Crippen molar-refractivity contribution in [3.63, 3.8) is 0 Å². The minimum absolute atomic E-state index is 0.141. The zero-order chi connectivity index (χ0) is 17.0. The number of rotatable bonds is 3. The summed E-state index contributed by atoms with van der Waals surface area (Å²) in [7, 11) is 0. The molecule has 0 radical (unpaired) electrons. The lowest BCUT2D eigenvalue weighted by atomic mass is 9.95. The molecule has 1 aliphatic rings. The van der Waals surface area contributed by atoms with E-state index in [0.717, 1.165) is 27.8 Å². The Bertz CT molecular complexity index is 1080. The fraction of sp³-hybridized carbons (Fsp3) is 0.150. The summed E-state index contributed by atoms with van der Waals surface area (Å²) < 4.78 is 21.6. The van der Waals surface area contributed by atoms with Gasteiger partial charge in [0.1, 0.15) is 11.4 Å². The minimum atomic E-state index is -0.672. The molecule has 4 aromatic rings. The average molecular weight is 334 g/mol. The number of furan rings is 1. The maximum atomic E-state index is 14.3. The molecule has 1 N–H and O–H groups in total. The Morgan fingerprint density at radius 2 is 2.16 bits per heavy atom.